The first-order chi connectivity index (χ1) is 18.8. The molecule has 0 aliphatic rings. The Kier molecular flexibility index (Phi) is 31.6. The highest BCUT2D eigenvalue weighted by Gasteiger charge is 2.02. The minimum atomic E-state index is -0.00577. The summed E-state index contributed by atoms with van der Waals surface area (Å²) in [6.07, 6.45) is 48.4. The van der Waals surface area contributed by atoms with Crippen molar-refractivity contribution in [1.29, 1.82) is 0 Å². The number of carbonyl (C=O) groups is 1. The lowest BCUT2D eigenvalue weighted by Crippen LogP contribution is -2.05. The van der Waals surface area contributed by atoms with Crippen molar-refractivity contribution in [2.45, 2.75) is 155 Å². The van der Waals surface area contributed by atoms with Crippen molar-refractivity contribution in [3.05, 3.63) is 60.8 Å². The molecule has 0 amide bonds. The highest BCUT2D eigenvalue weighted by atomic mass is 16.5. The lowest BCUT2D eigenvalue weighted by molar-refractivity contribution is -0.143. The van der Waals surface area contributed by atoms with Gasteiger partial charge in [-0.05, 0) is 77.0 Å². The van der Waals surface area contributed by atoms with E-state index in [1.54, 1.807) is 0 Å². The highest BCUT2D eigenvalue weighted by Crippen LogP contribution is 2.10. The van der Waals surface area contributed by atoms with Crippen LogP contribution >= 0.6 is 0 Å². The van der Waals surface area contributed by atoms with Crippen molar-refractivity contribution >= 4 is 5.97 Å². The molecule has 0 fully saturated rings. The van der Waals surface area contributed by atoms with Crippen LogP contribution in [0, 0.1) is 0 Å². The molecule has 0 aromatic carbocycles. The van der Waals surface area contributed by atoms with Crippen molar-refractivity contribution in [3.8, 4) is 0 Å². The van der Waals surface area contributed by atoms with E-state index in [0.29, 0.717) is 13.0 Å². The molecule has 0 bridgehead atoms. The van der Waals surface area contributed by atoms with Gasteiger partial charge in [-0.2, -0.15) is 0 Å². The maximum absolute atomic E-state index is 11.9. The Morgan fingerprint density at radius 3 is 1.42 bits per heavy atom. The van der Waals surface area contributed by atoms with Crippen LogP contribution in [-0.4, -0.2) is 12.6 Å². The maximum Gasteiger partial charge on any atom is 0.305 e. The summed E-state index contributed by atoms with van der Waals surface area (Å²) in [5, 5.41) is 0. The Morgan fingerprint density at radius 2 is 0.895 bits per heavy atom. The molecular formula is C36H62O2. The summed E-state index contributed by atoms with van der Waals surface area (Å²) >= 11 is 0. The van der Waals surface area contributed by atoms with Gasteiger partial charge in [-0.15, -0.1) is 0 Å². The van der Waals surface area contributed by atoms with Crippen LogP contribution in [0.1, 0.15) is 155 Å². The molecule has 218 valence electrons. The van der Waals surface area contributed by atoms with Crippen LogP contribution in [0.4, 0.5) is 0 Å². The first kappa shape index (κ1) is 36.2. The molecule has 2 heteroatoms. The number of rotatable bonds is 28. The molecule has 0 atom stereocenters. The minimum Gasteiger partial charge on any atom is -0.466 e. The topological polar surface area (TPSA) is 26.3 Å². The molecule has 0 aliphatic heterocycles. The van der Waals surface area contributed by atoms with Crippen molar-refractivity contribution in [3.63, 3.8) is 0 Å². The fourth-order valence-corrected chi connectivity index (χ4v) is 4.24. The summed E-state index contributed by atoms with van der Waals surface area (Å²) in [5.41, 5.74) is 0. The van der Waals surface area contributed by atoms with E-state index < -0.39 is 0 Å². The number of hydrogen-bond donors (Lipinski definition) is 0. The molecule has 0 saturated carbocycles. The molecule has 0 rings (SSSR count). The van der Waals surface area contributed by atoms with Crippen LogP contribution in [0.2, 0.25) is 0 Å². The zero-order chi connectivity index (χ0) is 27.6. The number of allylic oxidation sites excluding steroid dienone is 10. The van der Waals surface area contributed by atoms with E-state index in [4.69, 9.17) is 4.74 Å². The lowest BCUT2D eigenvalue weighted by Gasteiger charge is -2.05. The van der Waals surface area contributed by atoms with E-state index in [0.717, 1.165) is 44.9 Å². The fourth-order valence-electron chi connectivity index (χ4n) is 4.24. The van der Waals surface area contributed by atoms with Crippen molar-refractivity contribution < 1.29 is 9.53 Å². The van der Waals surface area contributed by atoms with Crippen molar-refractivity contribution in [1.82, 2.24) is 0 Å². The molecular weight excluding hydrogens is 464 g/mol. The molecule has 0 unspecified atom stereocenters. The van der Waals surface area contributed by atoms with E-state index in [1.165, 1.54) is 89.9 Å². The molecule has 2 nitrogen and oxygen atoms in total. The quantitative estimate of drug-likeness (QED) is 0.0575. The SMILES string of the molecule is CC/C=C\C/C=C\C/C=C\CCCCCCCC(=O)OCCCCCCCC/C=C/C/C=C/CCCCC. The summed E-state index contributed by atoms with van der Waals surface area (Å²) in [7, 11) is 0. The van der Waals surface area contributed by atoms with Crippen LogP contribution in [-0.2, 0) is 9.53 Å². The van der Waals surface area contributed by atoms with Crippen molar-refractivity contribution in [2.24, 2.45) is 0 Å². The van der Waals surface area contributed by atoms with Gasteiger partial charge in [0, 0.05) is 6.42 Å². The summed E-state index contributed by atoms with van der Waals surface area (Å²) in [5.74, 6) is -0.00577. The van der Waals surface area contributed by atoms with E-state index in [9.17, 15) is 4.79 Å². The molecule has 0 heterocycles. The number of hydrogen-bond acceptors (Lipinski definition) is 2. The molecule has 0 radical (unpaired) electrons. The van der Waals surface area contributed by atoms with Crippen LogP contribution in [0.3, 0.4) is 0 Å². The Morgan fingerprint density at radius 1 is 0.474 bits per heavy atom. The normalized spacial score (nSPS) is 12.4. The second-order valence-corrected chi connectivity index (χ2v) is 10.4. The molecule has 38 heavy (non-hydrogen) atoms. The Labute approximate surface area is 237 Å². The third kappa shape index (κ3) is 32.2. The smallest absolute Gasteiger partial charge is 0.305 e. The van der Waals surface area contributed by atoms with Gasteiger partial charge in [-0.3, -0.25) is 4.79 Å². The molecule has 0 saturated heterocycles. The zero-order valence-electron chi connectivity index (χ0n) is 25.4. The van der Waals surface area contributed by atoms with Gasteiger partial charge in [0.05, 0.1) is 6.61 Å². The van der Waals surface area contributed by atoms with E-state index >= 15 is 0 Å². The van der Waals surface area contributed by atoms with Gasteiger partial charge in [0.2, 0.25) is 0 Å². The molecule has 0 aliphatic carbocycles. The average Bonchev–Trinajstić information content (AvgIpc) is 2.92. The van der Waals surface area contributed by atoms with Gasteiger partial charge < -0.3 is 4.74 Å². The summed E-state index contributed by atoms with van der Waals surface area (Å²) in [6, 6.07) is 0. The third-order valence-electron chi connectivity index (χ3n) is 6.64. The zero-order valence-corrected chi connectivity index (χ0v) is 25.4. The summed E-state index contributed by atoms with van der Waals surface area (Å²) in [6.45, 7) is 5.02. The van der Waals surface area contributed by atoms with Crippen LogP contribution in [0.5, 0.6) is 0 Å². The van der Waals surface area contributed by atoms with Crippen LogP contribution < -0.4 is 0 Å². The van der Waals surface area contributed by atoms with Crippen LogP contribution in [0.15, 0.2) is 60.8 Å². The van der Waals surface area contributed by atoms with Gasteiger partial charge in [-0.25, -0.2) is 0 Å². The maximum atomic E-state index is 11.9. The number of esters is 1. The molecule has 0 aromatic heterocycles. The third-order valence-corrected chi connectivity index (χ3v) is 6.64. The largest absolute Gasteiger partial charge is 0.466 e. The van der Waals surface area contributed by atoms with E-state index in [2.05, 4.69) is 74.6 Å². The van der Waals surface area contributed by atoms with Crippen LogP contribution in [0.25, 0.3) is 0 Å². The van der Waals surface area contributed by atoms with E-state index in [-0.39, 0.29) is 5.97 Å². The molecule has 0 N–H and O–H groups in total. The summed E-state index contributed by atoms with van der Waals surface area (Å²) in [4.78, 5) is 11.9. The predicted octanol–water partition coefficient (Wildman–Crippen LogP) is 11.9. The second kappa shape index (κ2) is 33.2. The number of ether oxygens (including phenoxy) is 1. The number of carbonyl (C=O) groups excluding carboxylic acids is 1. The van der Waals surface area contributed by atoms with Gasteiger partial charge >= 0.3 is 5.97 Å². The summed E-state index contributed by atoms with van der Waals surface area (Å²) < 4.78 is 5.41. The standard InChI is InChI=1S/C36H62O2/c1-3-5-7-9-11-13-15-17-19-21-23-25-27-29-31-33-35-38-36(37)34-32-30-28-26-24-22-20-18-16-14-12-10-8-6-4-2/h6,8,11-14,17-20H,3-5,7,9-10,15-16,21-35H2,1-2H3/b8-6-,13-11+,14-12-,19-17+,20-18-. The first-order valence-corrected chi connectivity index (χ1v) is 16.2. The lowest BCUT2D eigenvalue weighted by atomic mass is 10.1. The Hall–Kier alpha value is -1.83. The predicted molar refractivity (Wildman–Crippen MR) is 170 cm³/mol. The Bertz CT molecular complexity index is 623. The average molecular weight is 527 g/mol. The second-order valence-electron chi connectivity index (χ2n) is 10.4. The Balaban J connectivity index is 3.31. The van der Waals surface area contributed by atoms with Gasteiger partial charge in [-0.1, -0.05) is 132 Å². The number of unbranched alkanes of at least 4 members (excludes halogenated alkanes) is 14. The fraction of sp³-hybridized carbons (Fsp3) is 0.694. The highest BCUT2D eigenvalue weighted by molar-refractivity contribution is 5.69. The molecule has 0 aromatic rings. The van der Waals surface area contributed by atoms with E-state index in [1.807, 2.05) is 0 Å². The van der Waals surface area contributed by atoms with Gasteiger partial charge in [0.15, 0.2) is 0 Å². The van der Waals surface area contributed by atoms with Gasteiger partial charge in [0.1, 0.15) is 0 Å². The monoisotopic (exact) mass is 526 g/mol. The minimum absolute atomic E-state index is 0.00577. The first-order valence-electron chi connectivity index (χ1n) is 16.2. The van der Waals surface area contributed by atoms with Crippen molar-refractivity contribution in [2.75, 3.05) is 6.61 Å². The van der Waals surface area contributed by atoms with Gasteiger partial charge in [0.25, 0.3) is 0 Å². The molecule has 0 spiro atoms.